The number of amides is 1. The van der Waals surface area contributed by atoms with E-state index < -0.39 is 4.92 Å². The number of benzene rings is 1. The molecule has 0 aromatic heterocycles. The van der Waals surface area contributed by atoms with Gasteiger partial charge in [0, 0.05) is 31.3 Å². The van der Waals surface area contributed by atoms with Crippen molar-refractivity contribution in [1.82, 2.24) is 9.80 Å². The van der Waals surface area contributed by atoms with Crippen LogP contribution in [0.3, 0.4) is 0 Å². The summed E-state index contributed by atoms with van der Waals surface area (Å²) >= 11 is 0. The first kappa shape index (κ1) is 16.6. The first-order chi connectivity index (χ1) is 11.6. The molecule has 6 nitrogen and oxygen atoms in total. The molecule has 0 radical (unpaired) electrons. The predicted octanol–water partition coefficient (Wildman–Crippen LogP) is 2.69. The summed E-state index contributed by atoms with van der Waals surface area (Å²) in [5.41, 5.74) is 0.485. The topological polar surface area (TPSA) is 66.7 Å². The van der Waals surface area contributed by atoms with Crippen LogP contribution >= 0.6 is 0 Å². The minimum atomic E-state index is -0.422. The van der Waals surface area contributed by atoms with Crippen LogP contribution in [0.5, 0.6) is 0 Å². The fourth-order valence-electron chi connectivity index (χ4n) is 3.62. The average Bonchev–Trinajstić information content (AvgIpc) is 3.14. The molecule has 1 amide bonds. The van der Waals surface area contributed by atoms with E-state index >= 15 is 0 Å². The van der Waals surface area contributed by atoms with Crippen molar-refractivity contribution in [3.8, 4) is 0 Å². The Morgan fingerprint density at radius 3 is 2.67 bits per heavy atom. The summed E-state index contributed by atoms with van der Waals surface area (Å²) in [4.78, 5) is 27.4. The monoisotopic (exact) mass is 329 g/mol. The number of likely N-dealkylation sites (tertiary alicyclic amines) is 2. The smallest absolute Gasteiger partial charge is 0.276 e. The number of nitro benzene ring substituents is 1. The highest BCUT2D eigenvalue weighted by molar-refractivity contribution is 5.92. The Bertz CT molecular complexity index is 638. The van der Waals surface area contributed by atoms with E-state index in [1.165, 1.54) is 25.0 Å². The van der Waals surface area contributed by atoms with E-state index in [2.05, 4.69) is 4.90 Å². The normalized spacial score (nSPS) is 22.2. The summed E-state index contributed by atoms with van der Waals surface area (Å²) in [6.45, 7) is 3.81. The molecule has 2 saturated heterocycles. The van der Waals surface area contributed by atoms with E-state index in [1.54, 1.807) is 24.3 Å². The second kappa shape index (κ2) is 7.57. The molecule has 0 aliphatic carbocycles. The molecule has 6 heteroatoms. The van der Waals surface area contributed by atoms with Gasteiger partial charge in [-0.2, -0.15) is 0 Å². The standard InChI is InChI=1S/C18H23N3O3/c22-18(10-9-15-6-1-2-8-17(15)21(23)24)20-13-5-7-16(14-20)19-11-3-4-12-19/h1-2,6,8-10,16H,3-5,7,11-14H2/b10-9+/t16-/m1/s1. The van der Waals surface area contributed by atoms with Gasteiger partial charge in [0.15, 0.2) is 0 Å². The number of hydrogen-bond acceptors (Lipinski definition) is 4. The molecule has 24 heavy (non-hydrogen) atoms. The Morgan fingerprint density at radius 1 is 1.17 bits per heavy atom. The summed E-state index contributed by atoms with van der Waals surface area (Å²) < 4.78 is 0. The van der Waals surface area contributed by atoms with E-state index in [-0.39, 0.29) is 11.6 Å². The molecule has 0 N–H and O–H groups in total. The third-order valence-electron chi connectivity index (χ3n) is 4.90. The minimum absolute atomic E-state index is 0.0233. The van der Waals surface area contributed by atoms with Gasteiger partial charge in [-0.1, -0.05) is 12.1 Å². The largest absolute Gasteiger partial charge is 0.338 e. The number of nitro groups is 1. The second-order valence-corrected chi connectivity index (χ2v) is 6.47. The first-order valence-corrected chi connectivity index (χ1v) is 8.59. The maximum Gasteiger partial charge on any atom is 0.276 e. The second-order valence-electron chi connectivity index (χ2n) is 6.47. The van der Waals surface area contributed by atoms with Crippen molar-refractivity contribution >= 4 is 17.7 Å². The zero-order valence-corrected chi connectivity index (χ0v) is 13.8. The van der Waals surface area contributed by atoms with Crippen molar-refractivity contribution in [3.63, 3.8) is 0 Å². The molecule has 2 aliphatic rings. The van der Waals surface area contributed by atoms with E-state index in [9.17, 15) is 14.9 Å². The van der Waals surface area contributed by atoms with Crippen LogP contribution in [0.4, 0.5) is 5.69 Å². The molecule has 0 saturated carbocycles. The van der Waals surface area contributed by atoms with E-state index in [1.807, 2.05) is 4.90 Å². The van der Waals surface area contributed by atoms with E-state index in [0.29, 0.717) is 11.6 Å². The molecule has 2 heterocycles. The molecule has 0 spiro atoms. The lowest BCUT2D eigenvalue weighted by Crippen LogP contribution is -2.48. The highest BCUT2D eigenvalue weighted by atomic mass is 16.6. The Balaban J connectivity index is 1.65. The van der Waals surface area contributed by atoms with Gasteiger partial charge in [0.2, 0.25) is 5.91 Å². The number of carbonyl (C=O) groups is 1. The van der Waals surface area contributed by atoms with Crippen molar-refractivity contribution in [1.29, 1.82) is 0 Å². The van der Waals surface area contributed by atoms with Gasteiger partial charge in [-0.15, -0.1) is 0 Å². The van der Waals surface area contributed by atoms with Gasteiger partial charge in [0.05, 0.1) is 10.5 Å². The van der Waals surface area contributed by atoms with Crippen LogP contribution < -0.4 is 0 Å². The lowest BCUT2D eigenvalue weighted by Gasteiger charge is -2.37. The number of piperidine rings is 1. The van der Waals surface area contributed by atoms with Crippen LogP contribution in [0.2, 0.25) is 0 Å². The minimum Gasteiger partial charge on any atom is -0.338 e. The molecule has 2 fully saturated rings. The van der Waals surface area contributed by atoms with Crippen LogP contribution in [-0.2, 0) is 4.79 Å². The average molecular weight is 329 g/mol. The van der Waals surface area contributed by atoms with Crippen LogP contribution in [-0.4, -0.2) is 52.9 Å². The van der Waals surface area contributed by atoms with Gasteiger partial charge in [-0.25, -0.2) is 0 Å². The van der Waals surface area contributed by atoms with Gasteiger partial charge >= 0.3 is 0 Å². The third-order valence-corrected chi connectivity index (χ3v) is 4.90. The molecule has 0 unspecified atom stereocenters. The highest BCUT2D eigenvalue weighted by Gasteiger charge is 2.28. The summed E-state index contributed by atoms with van der Waals surface area (Å²) in [7, 11) is 0. The third kappa shape index (κ3) is 3.82. The Kier molecular flexibility index (Phi) is 5.25. The summed E-state index contributed by atoms with van der Waals surface area (Å²) in [5, 5.41) is 11.0. The first-order valence-electron chi connectivity index (χ1n) is 8.59. The van der Waals surface area contributed by atoms with Crippen molar-refractivity contribution in [2.24, 2.45) is 0 Å². The molecule has 0 bridgehead atoms. The molecule has 128 valence electrons. The van der Waals surface area contributed by atoms with Crippen LogP contribution in [0.1, 0.15) is 31.2 Å². The number of para-hydroxylation sites is 1. The summed E-state index contributed by atoms with van der Waals surface area (Å²) in [6, 6.07) is 6.94. The lowest BCUT2D eigenvalue weighted by atomic mass is 10.0. The van der Waals surface area contributed by atoms with Crippen molar-refractivity contribution in [2.75, 3.05) is 26.2 Å². The van der Waals surface area contributed by atoms with E-state index in [0.717, 1.165) is 39.0 Å². The fourth-order valence-corrected chi connectivity index (χ4v) is 3.62. The van der Waals surface area contributed by atoms with Gasteiger partial charge in [-0.05, 0) is 50.9 Å². The molecular weight excluding hydrogens is 306 g/mol. The summed E-state index contributed by atoms with van der Waals surface area (Å²) in [5.74, 6) is -0.0583. The molecule has 3 rings (SSSR count). The van der Waals surface area contributed by atoms with Crippen molar-refractivity contribution < 1.29 is 9.72 Å². The summed E-state index contributed by atoms with van der Waals surface area (Å²) in [6.07, 6.45) is 7.70. The predicted molar refractivity (Wildman–Crippen MR) is 92.5 cm³/mol. The maximum absolute atomic E-state index is 12.5. The van der Waals surface area contributed by atoms with Crippen molar-refractivity contribution in [2.45, 2.75) is 31.7 Å². The van der Waals surface area contributed by atoms with Gasteiger partial charge in [0.1, 0.15) is 0 Å². The quantitative estimate of drug-likeness (QED) is 0.484. The number of nitrogens with zero attached hydrogens (tertiary/aromatic N) is 3. The van der Waals surface area contributed by atoms with Gasteiger partial charge in [0.25, 0.3) is 5.69 Å². The molecular formula is C18H23N3O3. The molecule has 1 aromatic carbocycles. The lowest BCUT2D eigenvalue weighted by molar-refractivity contribution is -0.385. The molecule has 1 atom stereocenters. The highest BCUT2D eigenvalue weighted by Crippen LogP contribution is 2.22. The van der Waals surface area contributed by atoms with Crippen molar-refractivity contribution in [3.05, 3.63) is 46.0 Å². The van der Waals surface area contributed by atoms with Crippen LogP contribution in [0, 0.1) is 10.1 Å². The van der Waals surface area contributed by atoms with Gasteiger partial charge in [-0.3, -0.25) is 19.8 Å². The fraction of sp³-hybridized carbons (Fsp3) is 0.500. The van der Waals surface area contributed by atoms with Crippen LogP contribution in [0.15, 0.2) is 30.3 Å². The Morgan fingerprint density at radius 2 is 1.92 bits per heavy atom. The SMILES string of the molecule is O=C(/C=C/c1ccccc1[N+](=O)[O-])N1CCC[C@@H](N2CCCC2)C1. The zero-order valence-electron chi connectivity index (χ0n) is 13.8. The Hall–Kier alpha value is -2.21. The van der Waals surface area contributed by atoms with Gasteiger partial charge < -0.3 is 4.90 Å². The maximum atomic E-state index is 12.5. The van der Waals surface area contributed by atoms with E-state index in [4.69, 9.17) is 0 Å². The Labute approximate surface area is 141 Å². The number of rotatable bonds is 4. The number of carbonyl (C=O) groups excluding carboxylic acids is 1. The number of hydrogen-bond donors (Lipinski definition) is 0. The molecule has 2 aliphatic heterocycles. The molecule has 1 aromatic rings. The van der Waals surface area contributed by atoms with Crippen LogP contribution in [0.25, 0.3) is 6.08 Å². The zero-order chi connectivity index (χ0) is 16.9.